The largest absolute Gasteiger partial charge is 0.426 e. The number of benzene rings is 2. The molecule has 2 atom stereocenters. The van der Waals surface area contributed by atoms with Crippen LogP contribution in [0.15, 0.2) is 48.5 Å². The molecular weight excluding hydrogens is 311 g/mol. The van der Waals surface area contributed by atoms with E-state index in [0.29, 0.717) is 11.1 Å². The molecule has 2 rings (SSSR count). The van der Waals surface area contributed by atoms with Crippen molar-refractivity contribution in [2.75, 3.05) is 0 Å². The van der Waals surface area contributed by atoms with Gasteiger partial charge in [-0.15, -0.1) is 0 Å². The van der Waals surface area contributed by atoms with E-state index in [1.54, 1.807) is 19.1 Å². The second-order valence-corrected chi connectivity index (χ2v) is 5.44. The smallest absolute Gasteiger partial charge is 0.316 e. The van der Waals surface area contributed by atoms with Crippen LogP contribution in [0.1, 0.15) is 32.3 Å². The highest BCUT2D eigenvalue weighted by atomic mass is 19.1. The van der Waals surface area contributed by atoms with Crippen molar-refractivity contribution >= 4 is 11.9 Å². The first kappa shape index (κ1) is 17.7. The lowest BCUT2D eigenvalue weighted by Crippen LogP contribution is -2.23. The molecule has 2 aromatic carbocycles. The fourth-order valence-electron chi connectivity index (χ4n) is 2.31. The molecule has 2 aromatic rings. The van der Waals surface area contributed by atoms with Crippen molar-refractivity contribution in [3.05, 3.63) is 59.9 Å². The predicted molar refractivity (Wildman–Crippen MR) is 87.6 cm³/mol. The van der Waals surface area contributed by atoms with Gasteiger partial charge in [-0.25, -0.2) is 4.39 Å². The van der Waals surface area contributed by atoms with Gasteiger partial charge in [-0.1, -0.05) is 42.5 Å². The zero-order valence-corrected chi connectivity index (χ0v) is 13.8. The highest BCUT2D eigenvalue weighted by Gasteiger charge is 2.21. The van der Waals surface area contributed by atoms with Crippen molar-refractivity contribution in [1.29, 1.82) is 0 Å². The lowest BCUT2D eigenvalue weighted by Gasteiger charge is -2.17. The van der Waals surface area contributed by atoms with E-state index < -0.39 is 30.0 Å². The minimum Gasteiger partial charge on any atom is -0.426 e. The van der Waals surface area contributed by atoms with Gasteiger partial charge in [0.2, 0.25) is 6.29 Å². The molecular formula is C19H19FO4. The molecule has 24 heavy (non-hydrogen) atoms. The van der Waals surface area contributed by atoms with E-state index in [2.05, 4.69) is 0 Å². The highest BCUT2D eigenvalue weighted by molar-refractivity contribution is 5.78. The molecule has 0 saturated carbocycles. The number of carbonyl (C=O) groups excluding carboxylic acids is 2. The number of ether oxygens (including phenoxy) is 2. The van der Waals surface area contributed by atoms with Gasteiger partial charge in [0.1, 0.15) is 5.82 Å². The van der Waals surface area contributed by atoms with Crippen LogP contribution in [-0.4, -0.2) is 18.2 Å². The van der Waals surface area contributed by atoms with E-state index in [0.717, 1.165) is 5.56 Å². The van der Waals surface area contributed by atoms with Crippen molar-refractivity contribution in [2.45, 2.75) is 33.0 Å². The molecule has 0 fully saturated rings. The number of hydrogen-bond acceptors (Lipinski definition) is 4. The second-order valence-electron chi connectivity index (χ2n) is 5.44. The molecule has 0 saturated heterocycles. The van der Waals surface area contributed by atoms with Gasteiger partial charge in [-0.2, -0.15) is 0 Å². The maximum absolute atomic E-state index is 14.4. The first-order valence-corrected chi connectivity index (χ1v) is 7.61. The molecule has 5 heteroatoms. The standard InChI is InChI=1S/C19H19FO4/c1-12(19(22)24-14(3)23-13(2)21)16-9-10-17(18(20)11-16)15-7-5-4-6-8-15/h4-12,14H,1-3H3/t12?,14-/m0/s1. The zero-order valence-electron chi connectivity index (χ0n) is 13.8. The Balaban J connectivity index is 2.13. The number of esters is 2. The molecule has 0 amide bonds. The Bertz CT molecular complexity index is 727. The molecule has 0 aliphatic carbocycles. The Kier molecular flexibility index (Phi) is 5.68. The predicted octanol–water partition coefficient (Wildman–Crippen LogP) is 4.05. The number of halogens is 1. The summed E-state index contributed by atoms with van der Waals surface area (Å²) in [6, 6.07) is 13.8. The molecule has 126 valence electrons. The molecule has 4 nitrogen and oxygen atoms in total. The van der Waals surface area contributed by atoms with Crippen molar-refractivity contribution in [3.8, 4) is 11.1 Å². The van der Waals surface area contributed by atoms with Gasteiger partial charge in [0, 0.05) is 19.4 Å². The van der Waals surface area contributed by atoms with Gasteiger partial charge in [0.05, 0.1) is 5.92 Å². The van der Waals surface area contributed by atoms with Crippen LogP contribution in [0.4, 0.5) is 4.39 Å². The van der Waals surface area contributed by atoms with Crippen LogP contribution in [0.25, 0.3) is 11.1 Å². The summed E-state index contributed by atoms with van der Waals surface area (Å²) < 4.78 is 24.2. The summed E-state index contributed by atoms with van der Waals surface area (Å²) in [6.45, 7) is 4.29. The van der Waals surface area contributed by atoms with Crippen LogP contribution < -0.4 is 0 Å². The second kappa shape index (κ2) is 7.73. The van der Waals surface area contributed by atoms with Gasteiger partial charge in [-0.3, -0.25) is 9.59 Å². The Hall–Kier alpha value is -2.69. The van der Waals surface area contributed by atoms with Gasteiger partial charge in [0.15, 0.2) is 0 Å². The Morgan fingerprint density at radius 1 is 1.00 bits per heavy atom. The van der Waals surface area contributed by atoms with E-state index in [1.165, 1.54) is 19.9 Å². The third kappa shape index (κ3) is 4.41. The lowest BCUT2D eigenvalue weighted by atomic mass is 9.97. The zero-order chi connectivity index (χ0) is 17.7. The fraction of sp³-hybridized carbons (Fsp3) is 0.263. The summed E-state index contributed by atoms with van der Waals surface area (Å²) in [6.07, 6.45) is -0.981. The summed E-state index contributed by atoms with van der Waals surface area (Å²) in [5, 5.41) is 0. The Morgan fingerprint density at radius 3 is 2.25 bits per heavy atom. The molecule has 1 unspecified atom stereocenters. The van der Waals surface area contributed by atoms with Crippen LogP contribution >= 0.6 is 0 Å². The number of rotatable bonds is 5. The van der Waals surface area contributed by atoms with Crippen LogP contribution in [-0.2, 0) is 19.1 Å². The van der Waals surface area contributed by atoms with E-state index in [1.807, 2.05) is 30.3 Å². The van der Waals surface area contributed by atoms with Gasteiger partial charge >= 0.3 is 11.9 Å². The van der Waals surface area contributed by atoms with Gasteiger partial charge in [-0.05, 0) is 24.1 Å². The SMILES string of the molecule is CC(=O)O[C@H](C)OC(=O)C(C)c1ccc(-c2ccccc2)c(F)c1. The topological polar surface area (TPSA) is 52.6 Å². The molecule has 0 heterocycles. The number of hydrogen-bond donors (Lipinski definition) is 0. The highest BCUT2D eigenvalue weighted by Crippen LogP contribution is 2.26. The average Bonchev–Trinajstić information content (AvgIpc) is 2.54. The summed E-state index contributed by atoms with van der Waals surface area (Å²) in [5.41, 5.74) is 1.72. The number of carbonyl (C=O) groups is 2. The van der Waals surface area contributed by atoms with E-state index in [-0.39, 0.29) is 0 Å². The first-order valence-electron chi connectivity index (χ1n) is 7.61. The Labute approximate surface area is 140 Å². The van der Waals surface area contributed by atoms with Crippen LogP contribution in [0, 0.1) is 5.82 Å². The summed E-state index contributed by atoms with van der Waals surface area (Å²) >= 11 is 0. The Morgan fingerprint density at radius 2 is 1.67 bits per heavy atom. The van der Waals surface area contributed by atoms with Crippen LogP contribution in [0.3, 0.4) is 0 Å². The van der Waals surface area contributed by atoms with E-state index >= 15 is 0 Å². The molecule has 0 bridgehead atoms. The van der Waals surface area contributed by atoms with Crippen LogP contribution in [0.2, 0.25) is 0 Å². The third-order valence-electron chi connectivity index (χ3n) is 3.55. The minimum atomic E-state index is -0.981. The van der Waals surface area contributed by atoms with Crippen LogP contribution in [0.5, 0.6) is 0 Å². The quantitative estimate of drug-likeness (QED) is 0.613. The fourth-order valence-corrected chi connectivity index (χ4v) is 2.31. The summed E-state index contributed by atoms with van der Waals surface area (Å²) in [5.74, 6) is -2.22. The van der Waals surface area contributed by atoms with Crippen molar-refractivity contribution in [1.82, 2.24) is 0 Å². The van der Waals surface area contributed by atoms with Gasteiger partial charge in [0.25, 0.3) is 0 Å². The summed E-state index contributed by atoms with van der Waals surface area (Å²) in [4.78, 5) is 22.9. The third-order valence-corrected chi connectivity index (χ3v) is 3.55. The lowest BCUT2D eigenvalue weighted by molar-refractivity contribution is -0.183. The minimum absolute atomic E-state index is 0.411. The maximum atomic E-state index is 14.4. The van der Waals surface area contributed by atoms with Gasteiger partial charge < -0.3 is 9.47 Å². The molecule has 0 aromatic heterocycles. The maximum Gasteiger partial charge on any atom is 0.316 e. The monoisotopic (exact) mass is 330 g/mol. The van der Waals surface area contributed by atoms with E-state index in [4.69, 9.17) is 9.47 Å². The normalized spacial score (nSPS) is 13.0. The molecule has 0 spiro atoms. The molecule has 0 N–H and O–H groups in total. The average molecular weight is 330 g/mol. The van der Waals surface area contributed by atoms with Crippen molar-refractivity contribution in [3.63, 3.8) is 0 Å². The van der Waals surface area contributed by atoms with Crippen molar-refractivity contribution in [2.24, 2.45) is 0 Å². The van der Waals surface area contributed by atoms with Crippen molar-refractivity contribution < 1.29 is 23.5 Å². The molecule has 0 aliphatic rings. The molecule has 0 aliphatic heterocycles. The van der Waals surface area contributed by atoms with E-state index in [9.17, 15) is 14.0 Å². The molecule has 0 radical (unpaired) electrons. The summed E-state index contributed by atoms with van der Waals surface area (Å²) in [7, 11) is 0. The first-order chi connectivity index (χ1) is 11.4.